The largest absolute Gasteiger partial charge is 0.323 e. The van der Waals surface area contributed by atoms with Crippen molar-refractivity contribution in [2.75, 3.05) is 10.6 Å². The van der Waals surface area contributed by atoms with Gasteiger partial charge in [0.1, 0.15) is 5.82 Å². The number of rotatable bonds is 6. The molecule has 0 radical (unpaired) electrons. The fraction of sp³-hybridized carbons (Fsp3) is 0.0500. The highest BCUT2D eigenvalue weighted by Gasteiger charge is 2.11. The lowest BCUT2D eigenvalue weighted by molar-refractivity contribution is -0.111. The molecule has 136 valence electrons. The van der Waals surface area contributed by atoms with Crippen LogP contribution in [0.2, 0.25) is 0 Å². The van der Waals surface area contributed by atoms with Gasteiger partial charge in [0.2, 0.25) is 5.91 Å². The van der Waals surface area contributed by atoms with Gasteiger partial charge in [0.05, 0.1) is 0 Å². The zero-order valence-electron chi connectivity index (χ0n) is 14.2. The fourth-order valence-electron chi connectivity index (χ4n) is 2.35. The van der Waals surface area contributed by atoms with Crippen LogP contribution in [0.4, 0.5) is 15.2 Å². The second-order valence-corrected chi connectivity index (χ2v) is 6.78. The lowest BCUT2D eigenvalue weighted by Crippen LogP contribution is -2.13. The summed E-state index contributed by atoms with van der Waals surface area (Å²) in [6.07, 6.45) is 3.45. The van der Waals surface area contributed by atoms with E-state index in [0.29, 0.717) is 22.8 Å². The molecule has 0 aliphatic carbocycles. The van der Waals surface area contributed by atoms with Crippen LogP contribution in [0.1, 0.15) is 20.8 Å². The summed E-state index contributed by atoms with van der Waals surface area (Å²) in [7, 11) is 0. The molecule has 0 saturated carbocycles. The Balaban J connectivity index is 1.65. The van der Waals surface area contributed by atoms with Crippen molar-refractivity contribution in [3.05, 3.63) is 89.2 Å². The van der Waals surface area contributed by atoms with E-state index < -0.39 is 0 Å². The van der Waals surface area contributed by atoms with Crippen LogP contribution in [0.5, 0.6) is 0 Å². The van der Waals surface area contributed by atoms with Crippen LogP contribution in [-0.2, 0) is 11.2 Å². The smallest absolute Gasteiger partial charge is 0.257 e. The first-order chi connectivity index (χ1) is 13.0. The average Bonchev–Trinajstić information content (AvgIpc) is 3.10. The maximum absolute atomic E-state index is 13.0. The number of benzene rings is 2. The van der Waals surface area contributed by atoms with Crippen molar-refractivity contribution >= 4 is 34.0 Å². The highest BCUT2D eigenvalue weighted by molar-refractivity contribution is 7.15. The van der Waals surface area contributed by atoms with Crippen molar-refractivity contribution in [1.29, 1.82) is 0 Å². The standard InChI is InChI=1S/C20H16FN3O2S/c1-2-18(25)23-16-5-3-4-14(11-16)19(26)24-20-22-12-17(27-20)10-13-6-8-15(21)9-7-13/h2-9,11-12H,1,10H2,(H,23,25)(H,22,24,26). The quantitative estimate of drug-likeness (QED) is 0.627. The molecule has 0 unspecified atom stereocenters. The molecular weight excluding hydrogens is 365 g/mol. The Labute approximate surface area is 159 Å². The first kappa shape index (κ1) is 18.5. The van der Waals surface area contributed by atoms with Crippen molar-refractivity contribution in [3.63, 3.8) is 0 Å². The lowest BCUT2D eigenvalue weighted by atomic mass is 10.1. The Morgan fingerprint density at radius 1 is 1.15 bits per heavy atom. The van der Waals surface area contributed by atoms with Crippen LogP contribution < -0.4 is 10.6 Å². The summed E-state index contributed by atoms with van der Waals surface area (Å²) in [6, 6.07) is 12.8. The van der Waals surface area contributed by atoms with E-state index in [4.69, 9.17) is 0 Å². The molecule has 1 heterocycles. The molecule has 5 nitrogen and oxygen atoms in total. The molecule has 3 rings (SSSR count). The number of aromatic nitrogens is 1. The number of halogens is 1. The van der Waals surface area contributed by atoms with Gasteiger partial charge in [0, 0.05) is 28.7 Å². The summed E-state index contributed by atoms with van der Waals surface area (Å²) in [4.78, 5) is 28.9. The molecule has 3 aromatic rings. The van der Waals surface area contributed by atoms with E-state index in [9.17, 15) is 14.0 Å². The van der Waals surface area contributed by atoms with Gasteiger partial charge < -0.3 is 5.32 Å². The maximum Gasteiger partial charge on any atom is 0.257 e. The van der Waals surface area contributed by atoms with Crippen LogP contribution >= 0.6 is 11.3 Å². The summed E-state index contributed by atoms with van der Waals surface area (Å²) in [6.45, 7) is 3.39. The van der Waals surface area contributed by atoms with Gasteiger partial charge in [-0.15, -0.1) is 11.3 Å². The van der Waals surface area contributed by atoms with Crippen LogP contribution in [0.15, 0.2) is 67.4 Å². The highest BCUT2D eigenvalue weighted by Crippen LogP contribution is 2.22. The molecule has 7 heteroatoms. The summed E-state index contributed by atoms with van der Waals surface area (Å²) in [5.41, 5.74) is 1.86. The number of anilines is 2. The number of carbonyl (C=O) groups excluding carboxylic acids is 2. The third kappa shape index (κ3) is 5.08. The number of amides is 2. The molecule has 2 aromatic carbocycles. The van der Waals surface area contributed by atoms with Gasteiger partial charge in [-0.1, -0.05) is 24.8 Å². The van der Waals surface area contributed by atoms with Crippen molar-refractivity contribution in [2.45, 2.75) is 6.42 Å². The normalized spacial score (nSPS) is 10.3. The summed E-state index contributed by atoms with van der Waals surface area (Å²) >= 11 is 1.35. The molecule has 0 bridgehead atoms. The molecule has 1 aromatic heterocycles. The van der Waals surface area contributed by atoms with Crippen LogP contribution in [0, 0.1) is 5.82 Å². The monoisotopic (exact) mass is 381 g/mol. The Hall–Kier alpha value is -3.32. The van der Waals surface area contributed by atoms with E-state index in [1.165, 1.54) is 23.5 Å². The minimum atomic E-state index is -0.349. The molecule has 2 amide bonds. The topological polar surface area (TPSA) is 71.1 Å². The third-order valence-electron chi connectivity index (χ3n) is 3.64. The fourth-order valence-corrected chi connectivity index (χ4v) is 3.19. The van der Waals surface area contributed by atoms with Gasteiger partial charge in [-0.05, 0) is 42.0 Å². The molecule has 27 heavy (non-hydrogen) atoms. The van der Waals surface area contributed by atoms with Crippen molar-refractivity contribution in [3.8, 4) is 0 Å². The Morgan fingerprint density at radius 3 is 2.67 bits per heavy atom. The number of hydrogen-bond donors (Lipinski definition) is 2. The van der Waals surface area contributed by atoms with Gasteiger partial charge in [0.25, 0.3) is 5.91 Å². The Morgan fingerprint density at radius 2 is 1.93 bits per heavy atom. The van der Waals surface area contributed by atoms with Crippen molar-refractivity contribution < 1.29 is 14.0 Å². The van der Waals surface area contributed by atoms with E-state index in [0.717, 1.165) is 16.5 Å². The zero-order chi connectivity index (χ0) is 19.2. The highest BCUT2D eigenvalue weighted by atomic mass is 32.1. The summed E-state index contributed by atoms with van der Waals surface area (Å²) in [5.74, 6) is -0.951. The zero-order valence-corrected chi connectivity index (χ0v) is 15.1. The maximum atomic E-state index is 13.0. The predicted octanol–water partition coefficient (Wildman–Crippen LogP) is 4.25. The molecular formula is C20H16FN3O2S. The van der Waals surface area contributed by atoms with E-state index in [2.05, 4.69) is 22.2 Å². The van der Waals surface area contributed by atoms with E-state index in [1.807, 2.05) is 0 Å². The second kappa shape index (κ2) is 8.37. The molecule has 2 N–H and O–H groups in total. The van der Waals surface area contributed by atoms with Crippen molar-refractivity contribution in [2.24, 2.45) is 0 Å². The molecule has 0 saturated heterocycles. The first-order valence-corrected chi connectivity index (χ1v) is 8.89. The van der Waals surface area contributed by atoms with E-state index in [-0.39, 0.29) is 17.6 Å². The minimum absolute atomic E-state index is 0.275. The number of carbonyl (C=O) groups is 2. The number of thiazole rings is 1. The van der Waals surface area contributed by atoms with Crippen molar-refractivity contribution in [1.82, 2.24) is 4.98 Å². The third-order valence-corrected chi connectivity index (χ3v) is 4.56. The minimum Gasteiger partial charge on any atom is -0.323 e. The molecule has 0 atom stereocenters. The lowest BCUT2D eigenvalue weighted by Gasteiger charge is -2.05. The van der Waals surface area contributed by atoms with Gasteiger partial charge in [0.15, 0.2) is 5.13 Å². The van der Waals surface area contributed by atoms with Gasteiger partial charge in [-0.2, -0.15) is 0 Å². The van der Waals surface area contributed by atoms with Crippen LogP contribution in [0.3, 0.4) is 0 Å². The van der Waals surface area contributed by atoms with Gasteiger partial charge in [-0.3, -0.25) is 14.9 Å². The average molecular weight is 381 g/mol. The van der Waals surface area contributed by atoms with E-state index >= 15 is 0 Å². The molecule has 0 aliphatic heterocycles. The number of nitrogens with zero attached hydrogens (tertiary/aromatic N) is 1. The second-order valence-electron chi connectivity index (χ2n) is 5.66. The molecule has 0 fully saturated rings. The van der Waals surface area contributed by atoms with Crippen LogP contribution in [0.25, 0.3) is 0 Å². The van der Waals surface area contributed by atoms with Gasteiger partial charge >= 0.3 is 0 Å². The van der Waals surface area contributed by atoms with E-state index in [1.54, 1.807) is 42.6 Å². The summed E-state index contributed by atoms with van der Waals surface area (Å²) < 4.78 is 13.0. The predicted molar refractivity (Wildman–Crippen MR) is 105 cm³/mol. The number of nitrogens with one attached hydrogen (secondary N) is 2. The molecule has 0 spiro atoms. The Bertz CT molecular complexity index is 983. The SMILES string of the molecule is C=CC(=O)Nc1cccc(C(=O)Nc2ncc(Cc3ccc(F)cc3)s2)c1. The van der Waals surface area contributed by atoms with Crippen LogP contribution in [-0.4, -0.2) is 16.8 Å². The number of hydrogen-bond acceptors (Lipinski definition) is 4. The Kier molecular flexibility index (Phi) is 5.73. The first-order valence-electron chi connectivity index (χ1n) is 8.07. The molecule has 0 aliphatic rings. The summed E-state index contributed by atoms with van der Waals surface area (Å²) in [5, 5.41) is 5.82. The van der Waals surface area contributed by atoms with Gasteiger partial charge in [-0.25, -0.2) is 9.37 Å².